The quantitative estimate of drug-likeness (QED) is 0.177. The molecule has 8 N–H and O–H groups in total. The summed E-state index contributed by atoms with van der Waals surface area (Å²) in [6, 6.07) is 1.95. The molecule has 4 fully saturated rings. The number of nitrogens with zero attached hydrogens (tertiary/aromatic N) is 2. The lowest BCUT2D eigenvalue weighted by molar-refractivity contribution is -0.169. The Hall–Kier alpha value is -3.78. The van der Waals surface area contributed by atoms with Crippen LogP contribution in [0.5, 0.6) is 5.75 Å². The highest BCUT2D eigenvalue weighted by molar-refractivity contribution is 6.24. The molecular weight excluding hydrogens is 584 g/mol. The van der Waals surface area contributed by atoms with Gasteiger partial charge in [0.05, 0.1) is 35.9 Å². The molecule has 7 rings (SSSR count). The number of nitrogens with two attached hydrogens (primary N) is 1. The van der Waals surface area contributed by atoms with E-state index in [2.05, 4.69) is 17.1 Å². The van der Waals surface area contributed by atoms with Crippen LogP contribution in [-0.4, -0.2) is 110 Å². The number of fused-ring (bicyclic) bond motifs is 6. The van der Waals surface area contributed by atoms with Gasteiger partial charge in [0.25, 0.3) is 5.91 Å². The van der Waals surface area contributed by atoms with E-state index >= 15 is 0 Å². The van der Waals surface area contributed by atoms with E-state index in [0.717, 1.165) is 25.8 Å². The topological polar surface area (TPSA) is 214 Å². The summed E-state index contributed by atoms with van der Waals surface area (Å²) in [5, 5.41) is 60.2. The maximum atomic E-state index is 14.2. The number of anilines is 1. The molecule has 242 valence electrons. The molecule has 2 amide bonds. The van der Waals surface area contributed by atoms with Crippen LogP contribution in [0.2, 0.25) is 0 Å². The highest BCUT2D eigenvalue weighted by Gasteiger charge is 2.68. The number of hydrogen-bond donors (Lipinski definition) is 7. The predicted octanol–water partition coefficient (Wildman–Crippen LogP) is 0.555. The molecule has 9 atom stereocenters. The minimum Gasteiger partial charge on any atom is -0.508 e. The highest BCUT2D eigenvalue weighted by atomic mass is 16.4. The minimum absolute atomic E-state index is 0.00172. The molecule has 2 aliphatic heterocycles. The Morgan fingerprint density at radius 3 is 2.42 bits per heavy atom. The molecule has 4 aliphatic carbocycles. The molecule has 0 radical (unpaired) electrons. The van der Waals surface area contributed by atoms with Gasteiger partial charge in [-0.2, -0.15) is 0 Å². The summed E-state index contributed by atoms with van der Waals surface area (Å²) in [6.45, 7) is 4.81. The van der Waals surface area contributed by atoms with Crippen molar-refractivity contribution in [1.29, 1.82) is 0 Å². The molecule has 0 spiro atoms. The number of piperidine rings is 2. The van der Waals surface area contributed by atoms with Crippen molar-refractivity contribution < 1.29 is 44.7 Å². The van der Waals surface area contributed by atoms with Crippen molar-refractivity contribution in [3.05, 3.63) is 40.2 Å². The van der Waals surface area contributed by atoms with E-state index in [0.29, 0.717) is 23.4 Å². The number of ketones is 2. The number of phenols is 1. The van der Waals surface area contributed by atoms with Gasteiger partial charge in [-0.3, -0.25) is 29.0 Å². The molecule has 1 aromatic rings. The van der Waals surface area contributed by atoms with E-state index in [1.54, 1.807) is 13.0 Å². The average molecular weight is 625 g/mol. The summed E-state index contributed by atoms with van der Waals surface area (Å²) in [5.74, 6) is -8.97. The molecule has 0 aromatic heterocycles. The van der Waals surface area contributed by atoms with Crippen LogP contribution in [0, 0.1) is 23.7 Å². The number of primary amides is 1. The van der Waals surface area contributed by atoms with Crippen LogP contribution in [0.1, 0.15) is 50.2 Å². The Balaban J connectivity index is 1.39. The van der Waals surface area contributed by atoms with Crippen LogP contribution in [0.25, 0.3) is 5.76 Å². The molecule has 13 nitrogen and oxygen atoms in total. The summed E-state index contributed by atoms with van der Waals surface area (Å²) in [5.41, 5.74) is 1.10. The van der Waals surface area contributed by atoms with Crippen LogP contribution >= 0.6 is 0 Å². The predicted molar refractivity (Wildman–Crippen MR) is 161 cm³/mol. The summed E-state index contributed by atoms with van der Waals surface area (Å²) >= 11 is 0. The van der Waals surface area contributed by atoms with E-state index in [9.17, 15) is 44.7 Å². The van der Waals surface area contributed by atoms with Crippen molar-refractivity contribution in [2.24, 2.45) is 29.4 Å². The van der Waals surface area contributed by atoms with Gasteiger partial charge in [-0.1, -0.05) is 19.9 Å². The summed E-state index contributed by atoms with van der Waals surface area (Å²) < 4.78 is 0. The SMILES string of the molecule is CC1CC2CCC1N(CC(=O)Nc1ccc3c(c1O)C(O)=C1C(=O)[C@@]4(O)C(O)=C(C(N)=O)C(=O)[C@H](N(C)C)C4C(O)C1C3C)C2. The lowest BCUT2D eigenvalue weighted by atomic mass is 9.54. The Kier molecular flexibility index (Phi) is 7.39. The fourth-order valence-corrected chi connectivity index (χ4v) is 8.94. The molecule has 7 unspecified atom stereocenters. The number of carbonyl (C=O) groups is 4. The summed E-state index contributed by atoms with van der Waals surface area (Å²) in [7, 11) is 2.90. The fourth-order valence-electron chi connectivity index (χ4n) is 8.94. The number of phenolic OH excluding ortho intramolecular Hbond substituents is 1. The molecular formula is C32H40N4O9. The third-order valence-corrected chi connectivity index (χ3v) is 10.9. The van der Waals surface area contributed by atoms with Crippen LogP contribution in [0.15, 0.2) is 29.0 Å². The van der Waals surface area contributed by atoms with Gasteiger partial charge in [-0.25, -0.2) is 0 Å². The first-order valence-corrected chi connectivity index (χ1v) is 15.3. The first kappa shape index (κ1) is 31.2. The second-order valence-corrected chi connectivity index (χ2v) is 13.7. The van der Waals surface area contributed by atoms with Gasteiger partial charge in [0.1, 0.15) is 22.8 Å². The highest BCUT2D eigenvalue weighted by Crippen LogP contribution is 2.56. The lowest BCUT2D eigenvalue weighted by Gasteiger charge is -2.53. The first-order chi connectivity index (χ1) is 21.1. The van der Waals surface area contributed by atoms with Crippen molar-refractivity contribution >= 4 is 34.8 Å². The second kappa shape index (κ2) is 10.6. The smallest absolute Gasteiger partial charge is 0.255 e. The van der Waals surface area contributed by atoms with Gasteiger partial charge in [-0.15, -0.1) is 0 Å². The van der Waals surface area contributed by atoms with Crippen molar-refractivity contribution in [1.82, 2.24) is 9.80 Å². The molecule has 2 saturated heterocycles. The summed E-state index contributed by atoms with van der Waals surface area (Å²) in [4.78, 5) is 56.3. The zero-order valence-corrected chi connectivity index (χ0v) is 25.6. The normalized spacial score (nSPS) is 36.2. The molecule has 2 bridgehead atoms. The number of likely N-dealkylation sites (N-methyl/N-ethyl adjacent to an activating group) is 1. The number of Topliss-reactive ketones (excluding diaryl/α,β-unsaturated/α-hetero) is 2. The number of rotatable bonds is 5. The Morgan fingerprint density at radius 1 is 1.13 bits per heavy atom. The Morgan fingerprint density at radius 2 is 1.82 bits per heavy atom. The number of carbonyl (C=O) groups excluding carboxylic acids is 4. The number of aliphatic hydroxyl groups excluding tert-OH is 3. The zero-order chi connectivity index (χ0) is 32.9. The van der Waals surface area contributed by atoms with E-state index < -0.39 is 81.4 Å². The maximum Gasteiger partial charge on any atom is 0.255 e. The van der Waals surface area contributed by atoms with Crippen LogP contribution < -0.4 is 11.1 Å². The van der Waals surface area contributed by atoms with Gasteiger partial charge in [0, 0.05) is 24.1 Å². The van der Waals surface area contributed by atoms with Gasteiger partial charge in [0.15, 0.2) is 11.4 Å². The van der Waals surface area contributed by atoms with Crippen molar-refractivity contribution in [2.75, 3.05) is 32.5 Å². The number of nitrogens with one attached hydrogen (secondary N) is 1. The Labute approximate surface area is 260 Å². The van der Waals surface area contributed by atoms with E-state index in [4.69, 9.17) is 5.73 Å². The lowest BCUT2D eigenvalue weighted by Crippen LogP contribution is -2.70. The molecule has 2 saturated carbocycles. The molecule has 2 heterocycles. The fraction of sp³-hybridized carbons (Fsp3) is 0.562. The number of hydrogen-bond acceptors (Lipinski definition) is 11. The number of aliphatic hydroxyl groups is 4. The third-order valence-electron chi connectivity index (χ3n) is 10.9. The standard InChI is InChI=1S/C32H40N4O9/c1-12-9-14-5-8-17(12)36(10-14)11-18(37)34-16-7-6-15-13(2)19-21(26(39)20(15)25(16)38)29(42)32(45)23(27(19)40)24(35(3)4)28(41)22(30(32)43)31(33)44/h6-7,12-14,17,19,23-24,27,38-40,43,45H,5,8-11H2,1-4H3,(H2,33,44)(H,34,37)/t12?,13?,14?,17?,19?,23?,24-,27?,32-/m1/s1. The molecule has 1 aromatic carbocycles. The van der Waals surface area contributed by atoms with E-state index in [1.807, 2.05) is 0 Å². The molecule has 13 heteroatoms. The van der Waals surface area contributed by atoms with Crippen LogP contribution in [-0.2, 0) is 19.2 Å². The van der Waals surface area contributed by atoms with Crippen LogP contribution in [0.3, 0.4) is 0 Å². The third kappa shape index (κ3) is 4.35. The average Bonchev–Trinajstić information content (AvgIpc) is 2.96. The Bertz CT molecular complexity index is 1580. The minimum atomic E-state index is -2.99. The largest absolute Gasteiger partial charge is 0.508 e. The van der Waals surface area contributed by atoms with Crippen molar-refractivity contribution in [2.45, 2.75) is 62.8 Å². The van der Waals surface area contributed by atoms with Crippen molar-refractivity contribution in [3.8, 4) is 5.75 Å². The van der Waals surface area contributed by atoms with E-state index in [-0.39, 0.29) is 23.7 Å². The van der Waals surface area contributed by atoms with Crippen molar-refractivity contribution in [3.63, 3.8) is 0 Å². The summed E-state index contributed by atoms with van der Waals surface area (Å²) in [6.07, 6.45) is 1.66. The monoisotopic (exact) mass is 624 g/mol. The number of benzene rings is 1. The van der Waals surface area contributed by atoms with Gasteiger partial charge in [-0.05, 0) is 62.7 Å². The number of amides is 2. The molecule has 6 aliphatic rings. The maximum absolute atomic E-state index is 14.2. The van der Waals surface area contributed by atoms with E-state index in [1.165, 1.54) is 25.1 Å². The second-order valence-electron chi connectivity index (χ2n) is 13.7. The van der Waals surface area contributed by atoms with Crippen LogP contribution in [0.4, 0.5) is 5.69 Å². The van der Waals surface area contributed by atoms with Gasteiger partial charge >= 0.3 is 0 Å². The first-order valence-electron chi connectivity index (χ1n) is 15.3. The molecule has 45 heavy (non-hydrogen) atoms. The number of aromatic hydroxyl groups is 1. The van der Waals surface area contributed by atoms with Gasteiger partial charge < -0.3 is 36.6 Å². The van der Waals surface area contributed by atoms with Gasteiger partial charge in [0.2, 0.25) is 11.7 Å². The zero-order valence-electron chi connectivity index (χ0n) is 25.6.